The van der Waals surface area contributed by atoms with Gasteiger partial charge < -0.3 is 10.2 Å². The molecule has 2 nitrogen and oxygen atoms in total. The van der Waals surface area contributed by atoms with Crippen LogP contribution in [0.2, 0.25) is 0 Å². The van der Waals surface area contributed by atoms with Gasteiger partial charge in [0.05, 0.1) is 0 Å². The van der Waals surface area contributed by atoms with Crippen molar-refractivity contribution < 1.29 is 0 Å². The fourth-order valence-corrected chi connectivity index (χ4v) is 2.06. The van der Waals surface area contributed by atoms with Crippen molar-refractivity contribution in [2.24, 2.45) is 5.92 Å². The Labute approximate surface area is 88.1 Å². The largest absolute Gasteiger partial charge is 0.316 e. The third kappa shape index (κ3) is 4.64. The first-order valence-electron chi connectivity index (χ1n) is 5.65. The molecule has 0 radical (unpaired) electrons. The lowest BCUT2D eigenvalue weighted by Gasteiger charge is -2.29. The third-order valence-corrected chi connectivity index (χ3v) is 2.83. The Morgan fingerprint density at radius 3 is 3.14 bits per heavy atom. The molecule has 1 rings (SSSR count). The van der Waals surface area contributed by atoms with Crippen LogP contribution in [0.3, 0.4) is 0 Å². The van der Waals surface area contributed by atoms with Gasteiger partial charge in [0.1, 0.15) is 0 Å². The van der Waals surface area contributed by atoms with Crippen LogP contribution < -0.4 is 5.32 Å². The van der Waals surface area contributed by atoms with E-state index in [4.69, 9.17) is 6.42 Å². The van der Waals surface area contributed by atoms with Crippen LogP contribution in [0.4, 0.5) is 0 Å². The fourth-order valence-electron chi connectivity index (χ4n) is 2.06. The maximum absolute atomic E-state index is 5.19. The standard InChI is InChI=1S/C12H22N2/c1-3-4-5-8-13-10-12-7-6-9-14(2)11-12/h1,12-13H,4-11H2,2H3. The second-order valence-electron chi connectivity index (χ2n) is 4.28. The highest BCUT2D eigenvalue weighted by Gasteiger charge is 2.15. The van der Waals surface area contributed by atoms with Crippen molar-refractivity contribution in [3.63, 3.8) is 0 Å². The zero-order valence-corrected chi connectivity index (χ0v) is 9.26. The van der Waals surface area contributed by atoms with Gasteiger partial charge in [-0.25, -0.2) is 0 Å². The predicted octanol–water partition coefficient (Wildman–Crippen LogP) is 1.33. The minimum absolute atomic E-state index is 0.847. The quantitative estimate of drug-likeness (QED) is 0.525. The van der Waals surface area contributed by atoms with Gasteiger partial charge in [-0.1, -0.05) is 0 Å². The van der Waals surface area contributed by atoms with Gasteiger partial charge in [0.2, 0.25) is 0 Å². The van der Waals surface area contributed by atoms with Crippen molar-refractivity contribution in [1.82, 2.24) is 10.2 Å². The molecule has 80 valence electrons. The van der Waals surface area contributed by atoms with E-state index in [1.807, 2.05) is 0 Å². The average molecular weight is 194 g/mol. The number of terminal acetylenes is 1. The smallest absolute Gasteiger partial charge is 0.00981 e. The maximum Gasteiger partial charge on any atom is 0.00981 e. The summed E-state index contributed by atoms with van der Waals surface area (Å²) in [5, 5.41) is 3.49. The number of rotatable bonds is 5. The number of piperidine rings is 1. The molecule has 0 aromatic rings. The molecule has 1 fully saturated rings. The Hall–Kier alpha value is -0.520. The lowest BCUT2D eigenvalue weighted by Crippen LogP contribution is -2.37. The van der Waals surface area contributed by atoms with Crippen LogP contribution >= 0.6 is 0 Å². The van der Waals surface area contributed by atoms with Crippen LogP contribution in [0.5, 0.6) is 0 Å². The molecule has 2 heteroatoms. The first kappa shape index (κ1) is 11.6. The molecule has 0 aromatic carbocycles. The topological polar surface area (TPSA) is 15.3 Å². The molecule has 0 aromatic heterocycles. The van der Waals surface area contributed by atoms with Gasteiger partial charge >= 0.3 is 0 Å². The zero-order chi connectivity index (χ0) is 10.2. The molecule has 0 spiro atoms. The van der Waals surface area contributed by atoms with Gasteiger partial charge in [-0.3, -0.25) is 0 Å². The second kappa shape index (κ2) is 6.86. The van der Waals surface area contributed by atoms with Gasteiger partial charge in [0.15, 0.2) is 0 Å². The van der Waals surface area contributed by atoms with Crippen molar-refractivity contribution in [3.8, 4) is 12.3 Å². The number of likely N-dealkylation sites (tertiary alicyclic amines) is 1. The molecule has 0 aliphatic carbocycles. The monoisotopic (exact) mass is 194 g/mol. The molecule has 0 amide bonds. The summed E-state index contributed by atoms with van der Waals surface area (Å²) in [6.07, 6.45) is 9.93. The van der Waals surface area contributed by atoms with Gasteiger partial charge in [0, 0.05) is 13.0 Å². The Bertz CT molecular complexity index is 183. The fraction of sp³-hybridized carbons (Fsp3) is 0.833. The molecule has 1 N–H and O–H groups in total. The molecule has 1 heterocycles. The highest BCUT2D eigenvalue weighted by atomic mass is 15.1. The van der Waals surface area contributed by atoms with Crippen LogP contribution in [0.1, 0.15) is 25.7 Å². The minimum Gasteiger partial charge on any atom is -0.316 e. The number of hydrogen-bond acceptors (Lipinski definition) is 2. The first-order valence-corrected chi connectivity index (χ1v) is 5.65. The number of nitrogens with one attached hydrogen (secondary N) is 1. The number of hydrogen-bond donors (Lipinski definition) is 1. The normalized spacial score (nSPS) is 23.3. The molecule has 0 saturated carbocycles. The Morgan fingerprint density at radius 2 is 2.43 bits per heavy atom. The number of nitrogens with zero attached hydrogens (tertiary/aromatic N) is 1. The lowest BCUT2D eigenvalue weighted by molar-refractivity contribution is 0.206. The lowest BCUT2D eigenvalue weighted by atomic mass is 9.98. The van der Waals surface area contributed by atoms with Crippen molar-refractivity contribution in [2.75, 3.05) is 33.2 Å². The van der Waals surface area contributed by atoms with E-state index in [9.17, 15) is 0 Å². The molecule has 0 bridgehead atoms. The summed E-state index contributed by atoms with van der Waals surface area (Å²) in [7, 11) is 2.21. The van der Waals surface area contributed by atoms with E-state index in [0.717, 1.165) is 31.8 Å². The van der Waals surface area contributed by atoms with E-state index >= 15 is 0 Å². The summed E-state index contributed by atoms with van der Waals surface area (Å²) in [4.78, 5) is 2.43. The summed E-state index contributed by atoms with van der Waals surface area (Å²) in [5.41, 5.74) is 0. The summed E-state index contributed by atoms with van der Waals surface area (Å²) in [5.74, 6) is 3.51. The SMILES string of the molecule is C#CCCCNCC1CCCN(C)C1. The van der Waals surface area contributed by atoms with Crippen molar-refractivity contribution in [3.05, 3.63) is 0 Å². The Morgan fingerprint density at radius 1 is 1.57 bits per heavy atom. The summed E-state index contributed by atoms with van der Waals surface area (Å²) in [6.45, 7) is 4.76. The second-order valence-corrected chi connectivity index (χ2v) is 4.28. The average Bonchev–Trinajstić information content (AvgIpc) is 2.18. The van der Waals surface area contributed by atoms with E-state index < -0.39 is 0 Å². The van der Waals surface area contributed by atoms with Gasteiger partial charge in [-0.05, 0) is 51.9 Å². The number of unbranched alkanes of at least 4 members (excludes halogenated alkanes) is 1. The van der Waals surface area contributed by atoms with E-state index in [1.165, 1.54) is 25.9 Å². The minimum atomic E-state index is 0.847. The third-order valence-electron chi connectivity index (χ3n) is 2.83. The highest BCUT2D eigenvalue weighted by molar-refractivity contribution is 4.83. The molecule has 14 heavy (non-hydrogen) atoms. The summed E-state index contributed by atoms with van der Waals surface area (Å²) < 4.78 is 0. The van der Waals surface area contributed by atoms with Crippen LogP contribution in [0, 0.1) is 18.3 Å². The van der Waals surface area contributed by atoms with E-state index in [-0.39, 0.29) is 0 Å². The Kier molecular flexibility index (Phi) is 5.66. The van der Waals surface area contributed by atoms with E-state index in [0.29, 0.717) is 0 Å². The van der Waals surface area contributed by atoms with Crippen molar-refractivity contribution in [2.45, 2.75) is 25.7 Å². The van der Waals surface area contributed by atoms with Crippen LogP contribution in [0.25, 0.3) is 0 Å². The molecule has 1 unspecified atom stereocenters. The van der Waals surface area contributed by atoms with Crippen LogP contribution in [-0.2, 0) is 0 Å². The predicted molar refractivity (Wildman–Crippen MR) is 61.2 cm³/mol. The highest BCUT2D eigenvalue weighted by Crippen LogP contribution is 2.13. The van der Waals surface area contributed by atoms with Crippen LogP contribution in [0.15, 0.2) is 0 Å². The molecule has 1 saturated heterocycles. The molecule has 1 aliphatic heterocycles. The van der Waals surface area contributed by atoms with E-state index in [2.05, 4.69) is 23.2 Å². The van der Waals surface area contributed by atoms with E-state index in [1.54, 1.807) is 0 Å². The molecular formula is C12H22N2. The maximum atomic E-state index is 5.19. The van der Waals surface area contributed by atoms with Gasteiger partial charge in [0.25, 0.3) is 0 Å². The van der Waals surface area contributed by atoms with Crippen molar-refractivity contribution in [1.29, 1.82) is 0 Å². The zero-order valence-electron chi connectivity index (χ0n) is 9.26. The Balaban J connectivity index is 1.98. The molecule has 1 aliphatic rings. The van der Waals surface area contributed by atoms with Crippen LogP contribution in [-0.4, -0.2) is 38.1 Å². The van der Waals surface area contributed by atoms with Crippen molar-refractivity contribution >= 4 is 0 Å². The molecular weight excluding hydrogens is 172 g/mol. The van der Waals surface area contributed by atoms with Gasteiger partial charge in [-0.2, -0.15) is 0 Å². The summed E-state index contributed by atoms with van der Waals surface area (Å²) in [6, 6.07) is 0. The van der Waals surface area contributed by atoms with Gasteiger partial charge in [-0.15, -0.1) is 12.3 Å². The first-order chi connectivity index (χ1) is 6.83. The molecule has 1 atom stereocenters. The summed E-state index contributed by atoms with van der Waals surface area (Å²) >= 11 is 0.